The lowest BCUT2D eigenvalue weighted by Crippen LogP contribution is -2.39. The van der Waals surface area contributed by atoms with E-state index < -0.39 is 6.10 Å². The number of carbonyl (C=O) groups is 1. The monoisotopic (exact) mass is 297 g/mol. The van der Waals surface area contributed by atoms with E-state index >= 15 is 0 Å². The fraction of sp³-hybridized carbons (Fsp3) is 0.316. The lowest BCUT2D eigenvalue weighted by Gasteiger charge is -2.24. The summed E-state index contributed by atoms with van der Waals surface area (Å²) in [6.45, 7) is 6.02. The van der Waals surface area contributed by atoms with Gasteiger partial charge in [-0.05, 0) is 49.6 Å². The Morgan fingerprint density at radius 2 is 1.77 bits per heavy atom. The summed E-state index contributed by atoms with van der Waals surface area (Å²) in [4.78, 5) is 14.3. The van der Waals surface area contributed by atoms with Crippen LogP contribution in [0, 0.1) is 13.8 Å². The van der Waals surface area contributed by atoms with Gasteiger partial charge in [0.1, 0.15) is 5.75 Å². The number of benzene rings is 2. The molecule has 0 heterocycles. The second-order valence-corrected chi connectivity index (χ2v) is 5.45. The molecule has 0 radical (unpaired) electrons. The molecule has 0 aliphatic carbocycles. The molecule has 0 aliphatic heterocycles. The van der Waals surface area contributed by atoms with E-state index in [1.807, 2.05) is 69.3 Å². The quantitative estimate of drug-likeness (QED) is 0.830. The van der Waals surface area contributed by atoms with Crippen molar-refractivity contribution in [1.29, 1.82) is 0 Å². The van der Waals surface area contributed by atoms with E-state index in [1.165, 1.54) is 0 Å². The number of hydrogen-bond acceptors (Lipinski definition) is 2. The van der Waals surface area contributed by atoms with E-state index in [4.69, 9.17) is 4.74 Å². The maximum absolute atomic E-state index is 12.7. The first kappa shape index (κ1) is 16.1. The third-order valence-electron chi connectivity index (χ3n) is 3.94. The van der Waals surface area contributed by atoms with Crippen LogP contribution in [0.5, 0.6) is 5.75 Å². The van der Waals surface area contributed by atoms with Crippen LogP contribution in [0.3, 0.4) is 0 Å². The zero-order valence-electron chi connectivity index (χ0n) is 13.7. The van der Waals surface area contributed by atoms with E-state index in [9.17, 15) is 4.79 Å². The fourth-order valence-corrected chi connectivity index (χ4v) is 2.31. The molecule has 0 bridgehead atoms. The topological polar surface area (TPSA) is 29.5 Å². The third kappa shape index (κ3) is 3.48. The second-order valence-electron chi connectivity index (χ2n) is 5.45. The predicted molar refractivity (Wildman–Crippen MR) is 90.5 cm³/mol. The zero-order chi connectivity index (χ0) is 16.1. The Hall–Kier alpha value is -2.29. The van der Waals surface area contributed by atoms with E-state index in [1.54, 1.807) is 11.9 Å². The van der Waals surface area contributed by atoms with Gasteiger partial charge >= 0.3 is 0 Å². The molecule has 0 saturated carbocycles. The highest BCUT2D eigenvalue weighted by Gasteiger charge is 2.23. The maximum Gasteiger partial charge on any atom is 0.267 e. The van der Waals surface area contributed by atoms with Gasteiger partial charge in [-0.2, -0.15) is 0 Å². The third-order valence-corrected chi connectivity index (χ3v) is 3.94. The van der Waals surface area contributed by atoms with Crippen LogP contribution in [0.2, 0.25) is 0 Å². The highest BCUT2D eigenvalue weighted by Crippen LogP contribution is 2.23. The summed E-state index contributed by atoms with van der Waals surface area (Å²) < 4.78 is 5.99. The van der Waals surface area contributed by atoms with Crippen molar-refractivity contribution in [2.75, 3.05) is 11.9 Å². The van der Waals surface area contributed by atoms with Crippen LogP contribution in [0.1, 0.15) is 24.5 Å². The molecule has 3 heteroatoms. The standard InChI is InChI=1S/C19H23NO2/c1-5-17(22-18-13-9-10-14(2)15(18)3)19(21)20(4)16-11-7-6-8-12-16/h6-13,17H,5H2,1-4H3. The number of nitrogens with zero attached hydrogens (tertiary/aromatic N) is 1. The van der Waals surface area contributed by atoms with Gasteiger partial charge in [-0.25, -0.2) is 0 Å². The molecule has 1 atom stereocenters. The van der Waals surface area contributed by atoms with Crippen LogP contribution in [-0.4, -0.2) is 19.1 Å². The number of aryl methyl sites for hydroxylation is 1. The number of amides is 1. The molecule has 0 aliphatic rings. The van der Waals surface area contributed by atoms with Gasteiger partial charge in [-0.3, -0.25) is 4.79 Å². The lowest BCUT2D eigenvalue weighted by molar-refractivity contribution is -0.125. The van der Waals surface area contributed by atoms with Gasteiger partial charge in [0.2, 0.25) is 0 Å². The zero-order valence-corrected chi connectivity index (χ0v) is 13.7. The molecule has 2 rings (SSSR count). The van der Waals surface area contributed by atoms with Crippen molar-refractivity contribution < 1.29 is 9.53 Å². The molecule has 22 heavy (non-hydrogen) atoms. The Morgan fingerprint density at radius 3 is 2.41 bits per heavy atom. The molecule has 0 aromatic heterocycles. The number of carbonyl (C=O) groups excluding carboxylic acids is 1. The van der Waals surface area contributed by atoms with Crippen LogP contribution in [0.4, 0.5) is 5.69 Å². The van der Waals surface area contributed by atoms with Gasteiger partial charge in [-0.1, -0.05) is 37.3 Å². The van der Waals surface area contributed by atoms with E-state index in [0.717, 1.165) is 22.6 Å². The average molecular weight is 297 g/mol. The summed E-state index contributed by atoms with van der Waals surface area (Å²) in [6.07, 6.45) is 0.148. The molecular formula is C19H23NO2. The van der Waals surface area contributed by atoms with Crippen LogP contribution < -0.4 is 9.64 Å². The number of ether oxygens (including phenoxy) is 1. The highest BCUT2D eigenvalue weighted by atomic mass is 16.5. The number of hydrogen-bond donors (Lipinski definition) is 0. The average Bonchev–Trinajstić information content (AvgIpc) is 2.55. The normalized spacial score (nSPS) is 11.8. The second kappa shape index (κ2) is 7.12. The number of likely N-dealkylation sites (N-methyl/N-ethyl adjacent to an activating group) is 1. The molecule has 0 spiro atoms. The minimum Gasteiger partial charge on any atom is -0.480 e. The molecule has 3 nitrogen and oxygen atoms in total. The largest absolute Gasteiger partial charge is 0.480 e. The van der Waals surface area contributed by atoms with Crippen LogP contribution in [-0.2, 0) is 4.79 Å². The molecule has 116 valence electrons. The van der Waals surface area contributed by atoms with Crippen molar-refractivity contribution in [3.8, 4) is 5.75 Å². The van der Waals surface area contributed by atoms with Crippen LogP contribution >= 0.6 is 0 Å². The van der Waals surface area contributed by atoms with Gasteiger partial charge < -0.3 is 9.64 Å². The maximum atomic E-state index is 12.7. The molecule has 0 saturated heterocycles. The van der Waals surface area contributed by atoms with Crippen molar-refractivity contribution >= 4 is 11.6 Å². The van der Waals surface area contributed by atoms with Crippen LogP contribution in [0.25, 0.3) is 0 Å². The Labute approximate surface area is 132 Å². The van der Waals surface area contributed by atoms with Crippen LogP contribution in [0.15, 0.2) is 48.5 Å². The van der Waals surface area contributed by atoms with Gasteiger partial charge in [0.05, 0.1) is 0 Å². The Balaban J connectivity index is 2.17. The van der Waals surface area contributed by atoms with E-state index in [2.05, 4.69) is 0 Å². The van der Waals surface area contributed by atoms with Gasteiger partial charge in [0.25, 0.3) is 5.91 Å². The predicted octanol–water partition coefficient (Wildman–Crippen LogP) is 4.12. The van der Waals surface area contributed by atoms with Crippen molar-refractivity contribution in [2.45, 2.75) is 33.3 Å². The van der Waals surface area contributed by atoms with Crippen molar-refractivity contribution in [1.82, 2.24) is 0 Å². The molecule has 1 amide bonds. The molecule has 2 aromatic rings. The molecular weight excluding hydrogens is 274 g/mol. The van der Waals surface area contributed by atoms with Crippen molar-refractivity contribution in [3.63, 3.8) is 0 Å². The highest BCUT2D eigenvalue weighted by molar-refractivity contribution is 5.96. The molecule has 0 N–H and O–H groups in total. The summed E-state index contributed by atoms with van der Waals surface area (Å²) >= 11 is 0. The van der Waals surface area contributed by atoms with E-state index in [0.29, 0.717) is 6.42 Å². The van der Waals surface area contributed by atoms with Gasteiger partial charge in [-0.15, -0.1) is 0 Å². The fourth-order valence-electron chi connectivity index (χ4n) is 2.31. The Morgan fingerprint density at radius 1 is 1.09 bits per heavy atom. The molecule has 2 aromatic carbocycles. The smallest absolute Gasteiger partial charge is 0.267 e. The van der Waals surface area contributed by atoms with Crippen molar-refractivity contribution in [2.24, 2.45) is 0 Å². The molecule has 0 fully saturated rings. The minimum absolute atomic E-state index is 0.0328. The lowest BCUT2D eigenvalue weighted by atomic mass is 10.1. The first-order chi connectivity index (χ1) is 10.5. The first-order valence-electron chi connectivity index (χ1n) is 7.60. The Kier molecular flexibility index (Phi) is 5.21. The Bertz CT molecular complexity index is 637. The SMILES string of the molecule is CCC(Oc1cccc(C)c1C)C(=O)N(C)c1ccccc1. The summed E-state index contributed by atoms with van der Waals surface area (Å²) in [7, 11) is 1.78. The summed E-state index contributed by atoms with van der Waals surface area (Å²) in [5.74, 6) is 0.747. The summed E-state index contributed by atoms with van der Waals surface area (Å²) in [5.41, 5.74) is 3.11. The van der Waals surface area contributed by atoms with Gasteiger partial charge in [0, 0.05) is 12.7 Å². The van der Waals surface area contributed by atoms with E-state index in [-0.39, 0.29) is 5.91 Å². The van der Waals surface area contributed by atoms with Gasteiger partial charge in [0.15, 0.2) is 6.10 Å². The number of para-hydroxylation sites is 1. The minimum atomic E-state index is -0.481. The summed E-state index contributed by atoms with van der Waals surface area (Å²) in [5, 5.41) is 0. The summed E-state index contributed by atoms with van der Waals surface area (Å²) in [6, 6.07) is 15.5. The van der Waals surface area contributed by atoms with Crippen molar-refractivity contribution in [3.05, 3.63) is 59.7 Å². The number of anilines is 1. The molecule has 1 unspecified atom stereocenters. The first-order valence-corrected chi connectivity index (χ1v) is 7.60. The number of rotatable bonds is 5.